The second kappa shape index (κ2) is 4.57. The summed E-state index contributed by atoms with van der Waals surface area (Å²) in [4.78, 5) is 13.5. The largest absolute Gasteiger partial charge is 0.398 e. The maximum absolute atomic E-state index is 11.6. The number of carbonyl (C=O) groups is 1. The van der Waals surface area contributed by atoms with Crippen molar-refractivity contribution >= 4 is 27.4 Å². The number of carbonyl (C=O) groups excluding carboxylic acids is 1. The fourth-order valence-corrected chi connectivity index (χ4v) is 1.46. The Kier molecular flexibility index (Phi) is 3.66. The smallest absolute Gasteiger partial charge is 0.176 e. The molecule has 0 amide bonds. The van der Waals surface area contributed by atoms with E-state index < -0.39 is 0 Å². The summed E-state index contributed by atoms with van der Waals surface area (Å²) in [6.07, 6.45) is 0. The van der Waals surface area contributed by atoms with Gasteiger partial charge in [-0.15, -0.1) is 0 Å². The molecule has 0 aliphatic heterocycles. The molecule has 1 aromatic rings. The first-order chi connectivity index (χ1) is 6.50. The van der Waals surface area contributed by atoms with Gasteiger partial charge >= 0.3 is 0 Å². The van der Waals surface area contributed by atoms with Crippen LogP contribution in [0.1, 0.15) is 10.4 Å². The summed E-state index contributed by atoms with van der Waals surface area (Å²) >= 11 is 3.29. The molecule has 0 bridgehead atoms. The summed E-state index contributed by atoms with van der Waals surface area (Å²) in [5, 5.41) is 0. The average Bonchev–Trinajstić information content (AvgIpc) is 2.08. The number of nitrogen functional groups attached to an aromatic ring is 1. The molecule has 0 fully saturated rings. The van der Waals surface area contributed by atoms with Crippen LogP contribution in [0.4, 0.5) is 5.69 Å². The predicted molar refractivity (Wildman–Crippen MR) is 61.4 cm³/mol. The Hall–Kier alpha value is -0.870. The van der Waals surface area contributed by atoms with Crippen molar-refractivity contribution in [3.8, 4) is 0 Å². The number of rotatable bonds is 3. The molecular formula is C10H13BrN2O. The SMILES string of the molecule is CN(C)CC(=O)c1ccc(N)c(Br)c1. The van der Waals surface area contributed by atoms with E-state index in [2.05, 4.69) is 15.9 Å². The van der Waals surface area contributed by atoms with E-state index in [1.807, 2.05) is 19.0 Å². The lowest BCUT2D eigenvalue weighted by molar-refractivity contribution is 0.0958. The van der Waals surface area contributed by atoms with Gasteiger partial charge in [0.25, 0.3) is 0 Å². The topological polar surface area (TPSA) is 46.3 Å². The van der Waals surface area contributed by atoms with Crippen LogP contribution >= 0.6 is 15.9 Å². The quantitative estimate of drug-likeness (QED) is 0.663. The van der Waals surface area contributed by atoms with Gasteiger partial charge < -0.3 is 10.6 Å². The summed E-state index contributed by atoms with van der Waals surface area (Å²) in [5.41, 5.74) is 6.95. The van der Waals surface area contributed by atoms with E-state index >= 15 is 0 Å². The summed E-state index contributed by atoms with van der Waals surface area (Å²) < 4.78 is 0.766. The molecule has 0 spiro atoms. The highest BCUT2D eigenvalue weighted by atomic mass is 79.9. The Morgan fingerprint density at radius 3 is 2.64 bits per heavy atom. The molecule has 0 aliphatic carbocycles. The van der Waals surface area contributed by atoms with Gasteiger partial charge in [0.2, 0.25) is 0 Å². The molecule has 14 heavy (non-hydrogen) atoms. The van der Waals surface area contributed by atoms with E-state index in [-0.39, 0.29) is 5.78 Å². The van der Waals surface area contributed by atoms with Crippen LogP contribution < -0.4 is 5.73 Å². The van der Waals surface area contributed by atoms with Gasteiger partial charge in [-0.05, 0) is 48.2 Å². The third kappa shape index (κ3) is 2.82. The monoisotopic (exact) mass is 256 g/mol. The zero-order valence-electron chi connectivity index (χ0n) is 8.25. The van der Waals surface area contributed by atoms with Crippen LogP contribution in [0.3, 0.4) is 0 Å². The molecule has 3 nitrogen and oxygen atoms in total. The fraction of sp³-hybridized carbons (Fsp3) is 0.300. The zero-order valence-corrected chi connectivity index (χ0v) is 9.84. The van der Waals surface area contributed by atoms with Crippen LogP contribution in [-0.4, -0.2) is 31.3 Å². The second-order valence-electron chi connectivity index (χ2n) is 3.40. The first-order valence-electron chi connectivity index (χ1n) is 4.23. The molecule has 4 heteroatoms. The lowest BCUT2D eigenvalue weighted by Crippen LogP contribution is -2.21. The zero-order chi connectivity index (χ0) is 10.7. The summed E-state index contributed by atoms with van der Waals surface area (Å²) in [7, 11) is 3.73. The Bertz CT molecular complexity index is 350. The molecule has 0 unspecified atom stereocenters. The number of halogens is 1. The van der Waals surface area contributed by atoms with Crippen LogP contribution in [-0.2, 0) is 0 Å². The number of nitrogens with two attached hydrogens (primary N) is 1. The summed E-state index contributed by atoms with van der Waals surface area (Å²) in [5.74, 6) is 0.0932. The first kappa shape index (κ1) is 11.2. The van der Waals surface area contributed by atoms with E-state index in [0.29, 0.717) is 17.8 Å². The fourth-order valence-electron chi connectivity index (χ4n) is 1.08. The van der Waals surface area contributed by atoms with E-state index in [1.165, 1.54) is 0 Å². The van der Waals surface area contributed by atoms with Crippen LogP contribution in [0.2, 0.25) is 0 Å². The van der Waals surface area contributed by atoms with E-state index in [0.717, 1.165) is 4.47 Å². The third-order valence-electron chi connectivity index (χ3n) is 1.78. The van der Waals surface area contributed by atoms with Crippen molar-refractivity contribution in [1.82, 2.24) is 4.90 Å². The van der Waals surface area contributed by atoms with Crippen molar-refractivity contribution in [2.24, 2.45) is 0 Å². The van der Waals surface area contributed by atoms with Gasteiger partial charge in [-0.3, -0.25) is 4.79 Å². The number of ketones is 1. The van der Waals surface area contributed by atoms with Gasteiger partial charge in [0, 0.05) is 15.7 Å². The average molecular weight is 257 g/mol. The van der Waals surface area contributed by atoms with E-state index in [1.54, 1.807) is 18.2 Å². The maximum Gasteiger partial charge on any atom is 0.176 e. The highest BCUT2D eigenvalue weighted by Gasteiger charge is 2.08. The molecule has 0 heterocycles. The predicted octanol–water partition coefficient (Wildman–Crippen LogP) is 1.78. The van der Waals surface area contributed by atoms with Gasteiger partial charge in [0.05, 0.1) is 6.54 Å². The molecule has 76 valence electrons. The molecule has 0 radical (unpaired) electrons. The highest BCUT2D eigenvalue weighted by molar-refractivity contribution is 9.10. The number of Topliss-reactive ketones (excluding diaryl/α,β-unsaturated/α-hetero) is 1. The normalized spacial score (nSPS) is 10.6. The molecule has 0 atom stereocenters. The number of hydrogen-bond donors (Lipinski definition) is 1. The lowest BCUT2D eigenvalue weighted by Gasteiger charge is -2.08. The highest BCUT2D eigenvalue weighted by Crippen LogP contribution is 2.20. The molecule has 0 saturated carbocycles. The van der Waals surface area contributed by atoms with Crippen LogP contribution in [0.5, 0.6) is 0 Å². The minimum atomic E-state index is 0.0932. The number of hydrogen-bond acceptors (Lipinski definition) is 3. The van der Waals surface area contributed by atoms with E-state index in [9.17, 15) is 4.79 Å². The first-order valence-corrected chi connectivity index (χ1v) is 5.03. The Morgan fingerprint density at radius 1 is 1.50 bits per heavy atom. The van der Waals surface area contributed by atoms with Crippen molar-refractivity contribution in [1.29, 1.82) is 0 Å². The van der Waals surface area contributed by atoms with Crippen molar-refractivity contribution in [3.05, 3.63) is 28.2 Å². The lowest BCUT2D eigenvalue weighted by atomic mass is 10.1. The van der Waals surface area contributed by atoms with Crippen molar-refractivity contribution < 1.29 is 4.79 Å². The molecule has 1 rings (SSSR count). The molecular weight excluding hydrogens is 244 g/mol. The molecule has 2 N–H and O–H groups in total. The Labute approximate surface area is 92.0 Å². The number of anilines is 1. The molecule has 1 aromatic carbocycles. The number of likely N-dealkylation sites (N-methyl/N-ethyl adjacent to an activating group) is 1. The number of nitrogens with zero attached hydrogens (tertiary/aromatic N) is 1. The van der Waals surface area contributed by atoms with Gasteiger partial charge in [-0.25, -0.2) is 0 Å². The van der Waals surface area contributed by atoms with Crippen molar-refractivity contribution in [2.75, 3.05) is 26.4 Å². The summed E-state index contributed by atoms with van der Waals surface area (Å²) in [6.45, 7) is 0.413. The van der Waals surface area contributed by atoms with Gasteiger partial charge in [-0.2, -0.15) is 0 Å². The van der Waals surface area contributed by atoms with Gasteiger partial charge in [0.1, 0.15) is 0 Å². The molecule has 0 saturated heterocycles. The second-order valence-corrected chi connectivity index (χ2v) is 4.25. The molecule has 0 aromatic heterocycles. The maximum atomic E-state index is 11.6. The van der Waals surface area contributed by atoms with Crippen LogP contribution in [0, 0.1) is 0 Å². The van der Waals surface area contributed by atoms with Gasteiger partial charge in [-0.1, -0.05) is 0 Å². The van der Waals surface area contributed by atoms with Crippen LogP contribution in [0.15, 0.2) is 22.7 Å². The third-order valence-corrected chi connectivity index (χ3v) is 2.47. The van der Waals surface area contributed by atoms with Gasteiger partial charge in [0.15, 0.2) is 5.78 Å². The summed E-state index contributed by atoms with van der Waals surface area (Å²) in [6, 6.07) is 5.22. The molecule has 0 aliphatic rings. The minimum Gasteiger partial charge on any atom is -0.398 e. The minimum absolute atomic E-state index is 0.0932. The van der Waals surface area contributed by atoms with Crippen LogP contribution in [0.25, 0.3) is 0 Å². The van der Waals surface area contributed by atoms with Crippen molar-refractivity contribution in [2.45, 2.75) is 0 Å². The van der Waals surface area contributed by atoms with Crippen molar-refractivity contribution in [3.63, 3.8) is 0 Å². The Balaban J connectivity index is 2.86. The van der Waals surface area contributed by atoms with E-state index in [4.69, 9.17) is 5.73 Å². The standard InChI is InChI=1S/C10H13BrN2O/c1-13(2)6-10(14)7-3-4-9(12)8(11)5-7/h3-5H,6,12H2,1-2H3. The Morgan fingerprint density at radius 2 is 2.14 bits per heavy atom. The number of benzene rings is 1.